The molecule has 0 spiro atoms. The Kier molecular flexibility index (Phi) is 27.8. The molecule has 0 saturated carbocycles. The largest absolute Gasteiger partial charge is 2.00 e. The van der Waals surface area contributed by atoms with Crippen LogP contribution in [0, 0.1) is 0 Å². The van der Waals surface area contributed by atoms with Crippen molar-refractivity contribution in [2.24, 2.45) is 11.5 Å². The molecule has 0 aliphatic carbocycles. The summed E-state index contributed by atoms with van der Waals surface area (Å²) in [5.41, 5.74) is 9.81. The number of carbonyl (C=O) groups excluding carboxylic acids is 1. The summed E-state index contributed by atoms with van der Waals surface area (Å²) in [6, 6.07) is 0. The molecular formula is C4H11FeN2O2+. The van der Waals surface area contributed by atoms with Gasteiger partial charge in [-0.1, -0.05) is 0 Å². The molecule has 0 aromatic heterocycles. The Hall–Kier alpha value is -0.0905. The first-order valence-electron chi connectivity index (χ1n) is 2.22. The Morgan fingerprint density at radius 3 is 1.56 bits per heavy atom. The number of carbonyl (C=O) groups is 1. The van der Waals surface area contributed by atoms with Crippen molar-refractivity contribution >= 4 is 5.97 Å². The van der Waals surface area contributed by atoms with E-state index >= 15 is 0 Å². The maximum absolute atomic E-state index is 8.89. The molecule has 0 radical (unpaired) electrons. The Balaban J connectivity index is -0.0000000720. The fraction of sp³-hybridized carbons (Fsp3) is 0.750. The molecule has 0 saturated heterocycles. The van der Waals surface area contributed by atoms with Crippen LogP contribution in [0.2, 0.25) is 0 Å². The van der Waals surface area contributed by atoms with Gasteiger partial charge in [-0.3, -0.25) is 0 Å². The van der Waals surface area contributed by atoms with Crippen molar-refractivity contribution < 1.29 is 27.0 Å². The molecule has 0 aromatic carbocycles. The Morgan fingerprint density at radius 2 is 1.56 bits per heavy atom. The standard InChI is InChI=1S/C2H8N2.C2H4O2.Fe/c3-1-2-4;1-2(3)4;/h1-4H2;1H3,(H,3,4);/q;;+2/p-1. The molecule has 56 valence electrons. The van der Waals surface area contributed by atoms with Crippen molar-refractivity contribution in [1.82, 2.24) is 0 Å². The summed E-state index contributed by atoms with van der Waals surface area (Å²) in [7, 11) is 0. The molecule has 0 atom stereocenters. The number of rotatable bonds is 1. The fourth-order valence-electron chi connectivity index (χ4n) is 0. The van der Waals surface area contributed by atoms with E-state index in [0.717, 1.165) is 6.92 Å². The van der Waals surface area contributed by atoms with Gasteiger partial charge in [0, 0.05) is 19.1 Å². The van der Waals surface area contributed by atoms with Crippen molar-refractivity contribution in [2.45, 2.75) is 6.92 Å². The van der Waals surface area contributed by atoms with E-state index in [1.165, 1.54) is 0 Å². The molecule has 4 nitrogen and oxygen atoms in total. The molecule has 0 bridgehead atoms. The van der Waals surface area contributed by atoms with Gasteiger partial charge in [-0.2, -0.15) is 0 Å². The van der Waals surface area contributed by atoms with Crippen LogP contribution in [0.5, 0.6) is 0 Å². The topological polar surface area (TPSA) is 92.2 Å². The second kappa shape index (κ2) is 15.7. The summed E-state index contributed by atoms with van der Waals surface area (Å²) >= 11 is 0. The third kappa shape index (κ3) is 334. The van der Waals surface area contributed by atoms with E-state index in [0.29, 0.717) is 13.1 Å². The van der Waals surface area contributed by atoms with Crippen molar-refractivity contribution in [3.8, 4) is 0 Å². The Morgan fingerprint density at radius 1 is 1.44 bits per heavy atom. The number of aliphatic carboxylic acids is 1. The number of hydrogen-bond donors (Lipinski definition) is 2. The summed E-state index contributed by atoms with van der Waals surface area (Å²) in [5, 5.41) is 8.89. The van der Waals surface area contributed by atoms with E-state index in [-0.39, 0.29) is 17.1 Å². The maximum Gasteiger partial charge on any atom is 2.00 e. The fourth-order valence-corrected chi connectivity index (χ4v) is 0. The van der Waals surface area contributed by atoms with Gasteiger partial charge >= 0.3 is 17.1 Å². The Bertz CT molecular complexity index is 54.5. The van der Waals surface area contributed by atoms with E-state index in [1.807, 2.05) is 0 Å². The van der Waals surface area contributed by atoms with Crippen LogP contribution < -0.4 is 16.6 Å². The summed E-state index contributed by atoms with van der Waals surface area (Å²) in [6.45, 7) is 2.17. The van der Waals surface area contributed by atoms with Gasteiger partial charge in [0.25, 0.3) is 0 Å². The van der Waals surface area contributed by atoms with Crippen LogP contribution in [-0.4, -0.2) is 19.1 Å². The smallest absolute Gasteiger partial charge is 0.550 e. The summed E-state index contributed by atoms with van der Waals surface area (Å²) in [4.78, 5) is 8.89. The van der Waals surface area contributed by atoms with Gasteiger partial charge in [0.2, 0.25) is 0 Å². The third-order valence-corrected chi connectivity index (χ3v) is 0.167. The van der Waals surface area contributed by atoms with Crippen LogP contribution in [0.1, 0.15) is 6.92 Å². The Labute approximate surface area is 65.1 Å². The van der Waals surface area contributed by atoms with Crippen LogP contribution in [0.4, 0.5) is 0 Å². The molecule has 5 heteroatoms. The van der Waals surface area contributed by atoms with Gasteiger partial charge in [-0.05, 0) is 6.92 Å². The zero-order chi connectivity index (χ0) is 6.99. The second-order valence-electron chi connectivity index (χ2n) is 1.07. The normalized spacial score (nSPS) is 6.11. The molecule has 0 rings (SSSR count). The number of carboxylic acids is 1. The SMILES string of the molecule is CC(=O)[O-].NCCN.[Fe+2]. The minimum absolute atomic E-state index is 0. The van der Waals surface area contributed by atoms with Crippen molar-refractivity contribution in [2.75, 3.05) is 13.1 Å². The quantitative estimate of drug-likeness (QED) is 0.436. The van der Waals surface area contributed by atoms with Crippen molar-refractivity contribution in [3.05, 3.63) is 0 Å². The summed E-state index contributed by atoms with van der Waals surface area (Å²) < 4.78 is 0. The molecule has 4 N–H and O–H groups in total. The predicted molar refractivity (Wildman–Crippen MR) is 28.8 cm³/mol. The molecular weight excluding hydrogens is 164 g/mol. The van der Waals surface area contributed by atoms with E-state index in [1.54, 1.807) is 0 Å². The zero-order valence-corrected chi connectivity index (χ0v) is 6.34. The minimum Gasteiger partial charge on any atom is -0.550 e. The van der Waals surface area contributed by atoms with Gasteiger partial charge in [0.1, 0.15) is 0 Å². The van der Waals surface area contributed by atoms with Crippen LogP contribution >= 0.6 is 0 Å². The predicted octanol–water partition coefficient (Wildman–Crippen LogP) is -2.34. The average molecular weight is 175 g/mol. The van der Waals surface area contributed by atoms with Crippen LogP contribution in [-0.2, 0) is 21.9 Å². The molecule has 0 aromatic rings. The van der Waals surface area contributed by atoms with Gasteiger partial charge in [-0.15, -0.1) is 0 Å². The average Bonchev–Trinajstić information content (AvgIpc) is 1.65. The van der Waals surface area contributed by atoms with Gasteiger partial charge in [0.15, 0.2) is 0 Å². The molecule has 0 unspecified atom stereocenters. The summed E-state index contributed by atoms with van der Waals surface area (Å²) in [5.74, 6) is -1.08. The molecule has 0 fully saturated rings. The van der Waals surface area contributed by atoms with Gasteiger partial charge in [0.05, 0.1) is 0 Å². The number of nitrogens with two attached hydrogens (primary N) is 2. The molecule has 0 aliphatic heterocycles. The van der Waals surface area contributed by atoms with E-state index < -0.39 is 5.97 Å². The molecule has 0 aliphatic rings. The first kappa shape index (κ1) is 16.0. The molecule has 0 heterocycles. The van der Waals surface area contributed by atoms with Crippen LogP contribution in [0.15, 0.2) is 0 Å². The van der Waals surface area contributed by atoms with E-state index in [4.69, 9.17) is 21.4 Å². The zero-order valence-electron chi connectivity index (χ0n) is 5.24. The monoisotopic (exact) mass is 175 g/mol. The van der Waals surface area contributed by atoms with Crippen molar-refractivity contribution in [3.63, 3.8) is 0 Å². The molecule has 9 heavy (non-hydrogen) atoms. The maximum atomic E-state index is 8.89. The van der Waals surface area contributed by atoms with Gasteiger partial charge in [-0.25, -0.2) is 0 Å². The van der Waals surface area contributed by atoms with Gasteiger partial charge < -0.3 is 21.4 Å². The number of hydrogen-bond acceptors (Lipinski definition) is 4. The summed E-state index contributed by atoms with van der Waals surface area (Å²) in [6.07, 6.45) is 0. The van der Waals surface area contributed by atoms with Crippen LogP contribution in [0.3, 0.4) is 0 Å². The van der Waals surface area contributed by atoms with E-state index in [9.17, 15) is 0 Å². The second-order valence-corrected chi connectivity index (χ2v) is 1.07. The van der Waals surface area contributed by atoms with Crippen molar-refractivity contribution in [1.29, 1.82) is 0 Å². The first-order chi connectivity index (χ1) is 3.65. The first-order valence-corrected chi connectivity index (χ1v) is 2.22. The van der Waals surface area contributed by atoms with Crippen LogP contribution in [0.25, 0.3) is 0 Å². The molecule has 0 amide bonds. The van der Waals surface area contributed by atoms with E-state index in [2.05, 4.69) is 0 Å². The third-order valence-electron chi connectivity index (χ3n) is 0.167. The minimum atomic E-state index is -1.08. The number of carboxylic acid groups (broad SMARTS) is 1.